The molecule has 3 N–H and O–H groups in total. The van der Waals surface area contributed by atoms with Crippen molar-refractivity contribution in [1.82, 2.24) is 10.3 Å². The van der Waals surface area contributed by atoms with Crippen molar-refractivity contribution in [1.29, 1.82) is 0 Å². The van der Waals surface area contributed by atoms with Crippen molar-refractivity contribution < 1.29 is 19.4 Å². The summed E-state index contributed by atoms with van der Waals surface area (Å²) in [6.07, 6.45) is 1.23. The predicted molar refractivity (Wildman–Crippen MR) is 80.8 cm³/mol. The highest BCUT2D eigenvalue weighted by Gasteiger charge is 2.22. The van der Waals surface area contributed by atoms with Crippen LogP contribution in [0.4, 0.5) is 4.79 Å². The summed E-state index contributed by atoms with van der Waals surface area (Å²) in [5.41, 5.74) is 1.77. The van der Waals surface area contributed by atoms with Crippen molar-refractivity contribution in [2.75, 3.05) is 6.61 Å². The summed E-state index contributed by atoms with van der Waals surface area (Å²) in [5.74, 6) is -1.09. The Bertz CT molecular complexity index is 626. The fourth-order valence-corrected chi connectivity index (χ4v) is 2.04. The van der Waals surface area contributed by atoms with Crippen LogP contribution in [0.3, 0.4) is 0 Å². The van der Waals surface area contributed by atoms with Gasteiger partial charge < -0.3 is 20.1 Å². The number of rotatable bonds is 5. The van der Waals surface area contributed by atoms with Gasteiger partial charge in [-0.3, -0.25) is 0 Å². The van der Waals surface area contributed by atoms with E-state index in [9.17, 15) is 14.7 Å². The van der Waals surface area contributed by atoms with E-state index in [-0.39, 0.29) is 25.4 Å². The van der Waals surface area contributed by atoms with E-state index in [2.05, 4.69) is 10.3 Å². The summed E-state index contributed by atoms with van der Waals surface area (Å²) in [4.78, 5) is 25.6. The second kappa shape index (κ2) is 7.54. The van der Waals surface area contributed by atoms with Crippen LogP contribution in [0.5, 0.6) is 0 Å². The van der Waals surface area contributed by atoms with Gasteiger partial charge >= 0.3 is 12.1 Å². The molecule has 114 valence electrons. The van der Waals surface area contributed by atoms with Gasteiger partial charge in [-0.15, -0.1) is 12.4 Å². The number of benzene rings is 1. The lowest BCUT2D eigenvalue weighted by atomic mass is 10.1. The van der Waals surface area contributed by atoms with E-state index in [0.29, 0.717) is 0 Å². The van der Waals surface area contributed by atoms with Gasteiger partial charge in [0.25, 0.3) is 0 Å². The van der Waals surface area contributed by atoms with E-state index in [1.807, 2.05) is 24.3 Å². The first-order chi connectivity index (χ1) is 9.61. The molecule has 0 spiro atoms. The van der Waals surface area contributed by atoms with Crippen molar-refractivity contribution in [3.05, 3.63) is 36.0 Å². The minimum Gasteiger partial charge on any atom is -0.480 e. The smallest absolute Gasteiger partial charge is 0.407 e. The molecule has 0 saturated carbocycles. The summed E-state index contributed by atoms with van der Waals surface area (Å²) in [7, 11) is 0. The second-order valence-corrected chi connectivity index (χ2v) is 4.32. The third-order valence-electron chi connectivity index (χ3n) is 2.96. The zero-order chi connectivity index (χ0) is 14.5. The van der Waals surface area contributed by atoms with Crippen LogP contribution in [0, 0.1) is 0 Å². The van der Waals surface area contributed by atoms with Crippen LogP contribution in [-0.4, -0.2) is 34.8 Å². The van der Waals surface area contributed by atoms with Crippen LogP contribution in [0.25, 0.3) is 10.9 Å². The quantitative estimate of drug-likeness (QED) is 0.790. The normalized spacial score (nSPS) is 11.5. The van der Waals surface area contributed by atoms with Gasteiger partial charge in [0.05, 0.1) is 6.61 Å². The SMILES string of the molecule is CCOC(=O)N[C@@H](Cc1c[nH]c2ccccc12)C(=O)O.Cl. The van der Waals surface area contributed by atoms with E-state index < -0.39 is 18.1 Å². The Morgan fingerprint density at radius 3 is 2.76 bits per heavy atom. The highest BCUT2D eigenvalue weighted by atomic mass is 35.5. The van der Waals surface area contributed by atoms with Gasteiger partial charge in [-0.05, 0) is 18.6 Å². The van der Waals surface area contributed by atoms with E-state index in [1.165, 1.54) is 0 Å². The zero-order valence-corrected chi connectivity index (χ0v) is 12.3. The molecule has 1 atom stereocenters. The van der Waals surface area contributed by atoms with E-state index in [0.717, 1.165) is 16.5 Å². The maximum Gasteiger partial charge on any atom is 0.407 e. The number of fused-ring (bicyclic) bond motifs is 1. The Labute approximate surface area is 127 Å². The van der Waals surface area contributed by atoms with Crippen LogP contribution in [0.2, 0.25) is 0 Å². The van der Waals surface area contributed by atoms with Gasteiger partial charge in [0.1, 0.15) is 6.04 Å². The maximum atomic E-state index is 11.3. The lowest BCUT2D eigenvalue weighted by Crippen LogP contribution is -2.42. The van der Waals surface area contributed by atoms with E-state index in [4.69, 9.17) is 4.74 Å². The Kier molecular flexibility index (Phi) is 6.05. The molecular formula is C14H17ClN2O4. The van der Waals surface area contributed by atoms with Crippen LogP contribution < -0.4 is 5.32 Å². The van der Waals surface area contributed by atoms with Crippen molar-refractivity contribution in [3.8, 4) is 0 Å². The molecule has 2 aromatic rings. The average molecular weight is 313 g/mol. The standard InChI is InChI=1S/C14H16N2O4.ClH/c1-2-20-14(19)16-12(13(17)18)7-9-8-15-11-6-4-3-5-10(9)11;/h3-6,8,12,15H,2,7H2,1H3,(H,16,19)(H,17,18);1H/t12-;/m0./s1. The first-order valence-corrected chi connectivity index (χ1v) is 6.33. The topological polar surface area (TPSA) is 91.4 Å². The number of para-hydroxylation sites is 1. The van der Waals surface area contributed by atoms with Gasteiger partial charge in [-0.2, -0.15) is 0 Å². The number of hydrogen-bond acceptors (Lipinski definition) is 3. The highest BCUT2D eigenvalue weighted by Crippen LogP contribution is 2.19. The predicted octanol–water partition coefficient (Wildman–Crippen LogP) is 2.33. The molecule has 1 amide bonds. The van der Waals surface area contributed by atoms with Crippen LogP contribution in [-0.2, 0) is 16.0 Å². The zero-order valence-electron chi connectivity index (χ0n) is 11.5. The van der Waals surface area contributed by atoms with Crippen molar-refractivity contribution in [2.24, 2.45) is 0 Å². The number of carbonyl (C=O) groups is 2. The van der Waals surface area contributed by atoms with Gasteiger partial charge in [0.15, 0.2) is 0 Å². The number of aromatic nitrogens is 1. The number of amides is 1. The molecule has 0 aliphatic rings. The van der Waals surface area contributed by atoms with Gasteiger partial charge in [-0.25, -0.2) is 9.59 Å². The van der Waals surface area contributed by atoms with Gasteiger partial charge in [0.2, 0.25) is 0 Å². The molecule has 6 nitrogen and oxygen atoms in total. The number of hydrogen-bond donors (Lipinski definition) is 3. The largest absolute Gasteiger partial charge is 0.480 e. The fraction of sp³-hybridized carbons (Fsp3) is 0.286. The second-order valence-electron chi connectivity index (χ2n) is 4.32. The minimum absolute atomic E-state index is 0. The highest BCUT2D eigenvalue weighted by molar-refractivity contribution is 5.86. The molecule has 2 rings (SSSR count). The molecule has 0 bridgehead atoms. The fourth-order valence-electron chi connectivity index (χ4n) is 2.04. The Morgan fingerprint density at radius 2 is 2.10 bits per heavy atom. The Balaban J connectivity index is 0.00000220. The third kappa shape index (κ3) is 4.13. The molecule has 0 radical (unpaired) electrons. The first kappa shape index (κ1) is 16.8. The number of aromatic amines is 1. The van der Waals surface area contributed by atoms with Gasteiger partial charge in [0, 0.05) is 23.5 Å². The summed E-state index contributed by atoms with van der Waals surface area (Å²) in [6.45, 7) is 1.86. The molecule has 0 aliphatic carbocycles. The molecular weight excluding hydrogens is 296 g/mol. The summed E-state index contributed by atoms with van der Waals surface area (Å²) < 4.78 is 4.71. The van der Waals surface area contributed by atoms with Crippen LogP contribution in [0.15, 0.2) is 30.5 Å². The molecule has 0 saturated heterocycles. The molecule has 1 heterocycles. The number of alkyl carbamates (subject to hydrolysis) is 1. The lowest BCUT2D eigenvalue weighted by Gasteiger charge is -2.13. The van der Waals surface area contributed by atoms with E-state index in [1.54, 1.807) is 13.1 Å². The summed E-state index contributed by atoms with van der Waals surface area (Å²) >= 11 is 0. The number of ether oxygens (including phenoxy) is 1. The molecule has 7 heteroatoms. The van der Waals surface area contributed by atoms with Crippen molar-refractivity contribution >= 4 is 35.4 Å². The number of carbonyl (C=O) groups excluding carboxylic acids is 1. The average Bonchev–Trinajstić information content (AvgIpc) is 2.82. The monoisotopic (exact) mass is 312 g/mol. The number of carboxylic acid groups (broad SMARTS) is 1. The van der Waals surface area contributed by atoms with Gasteiger partial charge in [-0.1, -0.05) is 18.2 Å². The Morgan fingerprint density at radius 1 is 1.38 bits per heavy atom. The lowest BCUT2D eigenvalue weighted by molar-refractivity contribution is -0.139. The molecule has 1 aromatic heterocycles. The maximum absolute atomic E-state index is 11.3. The third-order valence-corrected chi connectivity index (χ3v) is 2.96. The number of H-pyrrole nitrogens is 1. The molecule has 21 heavy (non-hydrogen) atoms. The Hall–Kier alpha value is -2.21. The number of aliphatic carboxylic acids is 1. The van der Waals surface area contributed by atoms with Crippen LogP contribution >= 0.6 is 12.4 Å². The van der Waals surface area contributed by atoms with Crippen molar-refractivity contribution in [2.45, 2.75) is 19.4 Å². The molecule has 0 unspecified atom stereocenters. The number of nitrogens with one attached hydrogen (secondary N) is 2. The summed E-state index contributed by atoms with van der Waals surface area (Å²) in [6, 6.07) is 6.58. The summed E-state index contributed by atoms with van der Waals surface area (Å²) in [5, 5.41) is 12.5. The molecule has 0 aliphatic heterocycles. The number of halogens is 1. The number of carboxylic acids is 1. The van der Waals surface area contributed by atoms with E-state index >= 15 is 0 Å². The first-order valence-electron chi connectivity index (χ1n) is 6.33. The van der Waals surface area contributed by atoms with Crippen LogP contribution in [0.1, 0.15) is 12.5 Å². The molecule has 1 aromatic carbocycles. The molecule has 0 fully saturated rings. The minimum atomic E-state index is -1.09. The van der Waals surface area contributed by atoms with Crippen molar-refractivity contribution in [3.63, 3.8) is 0 Å².